The summed E-state index contributed by atoms with van der Waals surface area (Å²) in [5.74, 6) is -0.153. The van der Waals surface area contributed by atoms with Crippen molar-refractivity contribution in [3.8, 4) is 0 Å². The van der Waals surface area contributed by atoms with Gasteiger partial charge in [-0.05, 0) is 39.2 Å². The standard InChI is InChI=1S/C14H17NO3/c1-10-4-5-12-11(8-10)9-13(18-12)14(16)17-7-6-15(2)3/h4-5,8-9H,6-7H2,1-3H3. The van der Waals surface area contributed by atoms with Gasteiger partial charge in [-0.3, -0.25) is 0 Å². The minimum Gasteiger partial charge on any atom is -0.458 e. The molecule has 0 aliphatic heterocycles. The molecule has 2 aromatic rings. The van der Waals surface area contributed by atoms with Crippen LogP contribution >= 0.6 is 0 Å². The van der Waals surface area contributed by atoms with E-state index in [1.165, 1.54) is 0 Å². The van der Waals surface area contributed by atoms with Crippen molar-refractivity contribution in [2.75, 3.05) is 27.2 Å². The Bertz CT molecular complexity index is 557. The van der Waals surface area contributed by atoms with Gasteiger partial charge in [0.25, 0.3) is 0 Å². The van der Waals surface area contributed by atoms with E-state index >= 15 is 0 Å². The Balaban J connectivity index is 2.08. The van der Waals surface area contributed by atoms with E-state index < -0.39 is 5.97 Å². The molecule has 0 spiro atoms. The quantitative estimate of drug-likeness (QED) is 0.778. The van der Waals surface area contributed by atoms with E-state index in [0.29, 0.717) is 18.7 Å². The fourth-order valence-corrected chi connectivity index (χ4v) is 1.66. The van der Waals surface area contributed by atoms with Gasteiger partial charge < -0.3 is 14.1 Å². The van der Waals surface area contributed by atoms with Crippen molar-refractivity contribution in [2.24, 2.45) is 0 Å². The third-order valence-electron chi connectivity index (χ3n) is 2.64. The molecule has 4 nitrogen and oxygen atoms in total. The summed E-state index contributed by atoms with van der Waals surface area (Å²) in [5, 5.41) is 0.926. The normalized spacial score (nSPS) is 11.1. The number of rotatable bonds is 4. The zero-order chi connectivity index (χ0) is 13.1. The second kappa shape index (κ2) is 5.23. The van der Waals surface area contributed by atoms with E-state index in [1.54, 1.807) is 6.07 Å². The van der Waals surface area contributed by atoms with Crippen molar-refractivity contribution in [1.82, 2.24) is 4.90 Å². The van der Waals surface area contributed by atoms with Crippen LogP contribution in [0.5, 0.6) is 0 Å². The molecule has 2 rings (SSSR count). The number of aryl methyl sites for hydroxylation is 1. The number of ether oxygens (including phenoxy) is 1. The first-order chi connectivity index (χ1) is 8.56. The second-order valence-electron chi connectivity index (χ2n) is 4.59. The van der Waals surface area contributed by atoms with Gasteiger partial charge >= 0.3 is 5.97 Å². The Hall–Kier alpha value is -1.81. The SMILES string of the molecule is Cc1ccc2oc(C(=O)OCCN(C)C)cc2c1. The fraction of sp³-hybridized carbons (Fsp3) is 0.357. The monoisotopic (exact) mass is 247 g/mol. The number of esters is 1. The number of hydrogen-bond acceptors (Lipinski definition) is 4. The Morgan fingerprint density at radius 1 is 1.33 bits per heavy atom. The summed E-state index contributed by atoms with van der Waals surface area (Å²) in [4.78, 5) is 13.7. The van der Waals surface area contributed by atoms with Crippen LogP contribution in [-0.2, 0) is 4.74 Å². The van der Waals surface area contributed by atoms with E-state index in [-0.39, 0.29) is 5.76 Å². The molecule has 0 bridgehead atoms. The predicted octanol–water partition coefficient (Wildman–Crippen LogP) is 2.46. The molecule has 0 fully saturated rings. The summed E-state index contributed by atoms with van der Waals surface area (Å²) < 4.78 is 10.6. The summed E-state index contributed by atoms with van der Waals surface area (Å²) in [7, 11) is 3.86. The zero-order valence-corrected chi connectivity index (χ0v) is 10.9. The molecule has 0 saturated carbocycles. The minimum atomic E-state index is -0.411. The molecule has 0 unspecified atom stereocenters. The van der Waals surface area contributed by atoms with Gasteiger partial charge in [0.1, 0.15) is 12.2 Å². The molecule has 18 heavy (non-hydrogen) atoms. The lowest BCUT2D eigenvalue weighted by Crippen LogP contribution is -2.19. The Labute approximate surface area is 106 Å². The summed E-state index contributed by atoms with van der Waals surface area (Å²) in [6.07, 6.45) is 0. The number of hydrogen-bond donors (Lipinski definition) is 0. The summed E-state index contributed by atoms with van der Waals surface area (Å²) in [6.45, 7) is 3.06. The van der Waals surface area contributed by atoms with Crippen LogP contribution in [0.15, 0.2) is 28.7 Å². The number of carbonyl (C=O) groups excluding carboxylic acids is 1. The highest BCUT2D eigenvalue weighted by atomic mass is 16.5. The first-order valence-corrected chi connectivity index (χ1v) is 5.88. The number of carbonyl (C=O) groups is 1. The molecule has 4 heteroatoms. The number of furan rings is 1. The topological polar surface area (TPSA) is 42.7 Å². The Morgan fingerprint density at radius 2 is 2.11 bits per heavy atom. The molecule has 0 atom stereocenters. The summed E-state index contributed by atoms with van der Waals surface area (Å²) >= 11 is 0. The van der Waals surface area contributed by atoms with Gasteiger partial charge in [0.2, 0.25) is 5.76 Å². The molecule has 96 valence electrons. The number of benzene rings is 1. The lowest BCUT2D eigenvalue weighted by molar-refractivity contribution is 0.0448. The van der Waals surface area contributed by atoms with E-state index in [2.05, 4.69) is 0 Å². The van der Waals surface area contributed by atoms with E-state index in [4.69, 9.17) is 9.15 Å². The van der Waals surface area contributed by atoms with E-state index in [9.17, 15) is 4.79 Å². The molecule has 0 saturated heterocycles. The average Bonchev–Trinajstić information content (AvgIpc) is 2.71. The fourth-order valence-electron chi connectivity index (χ4n) is 1.66. The highest BCUT2D eigenvalue weighted by molar-refractivity contribution is 5.92. The Kier molecular flexibility index (Phi) is 3.67. The van der Waals surface area contributed by atoms with E-state index in [1.807, 2.05) is 44.1 Å². The molecular weight excluding hydrogens is 230 g/mol. The lowest BCUT2D eigenvalue weighted by atomic mass is 10.2. The van der Waals surface area contributed by atoms with Crippen LogP contribution in [0.2, 0.25) is 0 Å². The predicted molar refractivity (Wildman–Crippen MR) is 69.8 cm³/mol. The molecule has 0 aliphatic carbocycles. The maximum absolute atomic E-state index is 11.7. The number of fused-ring (bicyclic) bond motifs is 1. The summed E-state index contributed by atoms with van der Waals surface area (Å²) in [5.41, 5.74) is 1.84. The third kappa shape index (κ3) is 2.90. The van der Waals surface area contributed by atoms with Gasteiger partial charge in [0.05, 0.1) is 0 Å². The van der Waals surface area contributed by atoms with Gasteiger partial charge in [-0.1, -0.05) is 11.6 Å². The largest absolute Gasteiger partial charge is 0.458 e. The highest BCUT2D eigenvalue weighted by Gasteiger charge is 2.13. The molecule has 0 amide bonds. The van der Waals surface area contributed by atoms with E-state index in [0.717, 1.165) is 10.9 Å². The van der Waals surface area contributed by atoms with Crippen LogP contribution in [0.4, 0.5) is 0 Å². The molecule has 1 aromatic carbocycles. The molecule has 0 radical (unpaired) electrons. The molecule has 0 N–H and O–H groups in total. The van der Waals surface area contributed by atoms with Crippen molar-refractivity contribution < 1.29 is 13.9 Å². The zero-order valence-electron chi connectivity index (χ0n) is 10.9. The van der Waals surface area contributed by atoms with Crippen LogP contribution in [0.3, 0.4) is 0 Å². The van der Waals surface area contributed by atoms with Crippen LogP contribution in [0, 0.1) is 6.92 Å². The lowest BCUT2D eigenvalue weighted by Gasteiger charge is -2.08. The van der Waals surface area contributed by atoms with Gasteiger partial charge in [0, 0.05) is 11.9 Å². The highest BCUT2D eigenvalue weighted by Crippen LogP contribution is 2.21. The van der Waals surface area contributed by atoms with Crippen molar-refractivity contribution in [2.45, 2.75) is 6.92 Å². The van der Waals surface area contributed by atoms with Crippen molar-refractivity contribution >= 4 is 16.9 Å². The minimum absolute atomic E-state index is 0.259. The first kappa shape index (κ1) is 12.6. The van der Waals surface area contributed by atoms with Gasteiger partial charge in [-0.2, -0.15) is 0 Å². The Morgan fingerprint density at radius 3 is 2.83 bits per heavy atom. The van der Waals surface area contributed by atoms with Crippen molar-refractivity contribution in [3.63, 3.8) is 0 Å². The van der Waals surface area contributed by atoms with Crippen molar-refractivity contribution in [1.29, 1.82) is 0 Å². The van der Waals surface area contributed by atoms with Gasteiger partial charge in [-0.15, -0.1) is 0 Å². The first-order valence-electron chi connectivity index (χ1n) is 5.88. The second-order valence-corrected chi connectivity index (χ2v) is 4.59. The summed E-state index contributed by atoms with van der Waals surface area (Å²) in [6, 6.07) is 7.52. The molecular formula is C14H17NO3. The molecule has 0 aliphatic rings. The number of likely N-dealkylation sites (N-methyl/N-ethyl adjacent to an activating group) is 1. The average molecular weight is 247 g/mol. The van der Waals surface area contributed by atoms with Crippen LogP contribution in [0.25, 0.3) is 11.0 Å². The number of nitrogens with zero attached hydrogens (tertiary/aromatic N) is 1. The third-order valence-corrected chi connectivity index (χ3v) is 2.64. The van der Waals surface area contributed by atoms with Crippen LogP contribution < -0.4 is 0 Å². The smallest absolute Gasteiger partial charge is 0.374 e. The maximum Gasteiger partial charge on any atom is 0.374 e. The molecule has 1 aromatic heterocycles. The van der Waals surface area contributed by atoms with Gasteiger partial charge in [-0.25, -0.2) is 4.79 Å². The van der Waals surface area contributed by atoms with Gasteiger partial charge in [0.15, 0.2) is 0 Å². The molecule has 1 heterocycles. The van der Waals surface area contributed by atoms with Crippen LogP contribution in [-0.4, -0.2) is 38.1 Å². The maximum atomic E-state index is 11.7. The van der Waals surface area contributed by atoms with Crippen LogP contribution in [0.1, 0.15) is 16.1 Å². The van der Waals surface area contributed by atoms with Crippen molar-refractivity contribution in [3.05, 3.63) is 35.6 Å².